The van der Waals surface area contributed by atoms with E-state index in [2.05, 4.69) is 5.32 Å². The van der Waals surface area contributed by atoms with Crippen LogP contribution in [0.25, 0.3) is 0 Å². The van der Waals surface area contributed by atoms with Crippen LogP contribution < -0.4 is 10.2 Å². The predicted octanol–water partition coefficient (Wildman–Crippen LogP) is 2.14. The van der Waals surface area contributed by atoms with Gasteiger partial charge in [0, 0.05) is 18.3 Å². The molecule has 0 aromatic heterocycles. The molecule has 1 aliphatic rings. The predicted molar refractivity (Wildman–Crippen MR) is 96.0 cm³/mol. The van der Waals surface area contributed by atoms with Crippen molar-refractivity contribution in [3.8, 4) is 0 Å². The van der Waals surface area contributed by atoms with Crippen molar-refractivity contribution in [3.63, 3.8) is 0 Å². The number of carboxylic acid groups (broad SMARTS) is 1. The first kappa shape index (κ1) is 20.2. The van der Waals surface area contributed by atoms with Crippen molar-refractivity contribution in [1.29, 1.82) is 0 Å². The third-order valence-electron chi connectivity index (χ3n) is 4.23. The Kier molecular flexibility index (Phi) is 4.92. The average Bonchev–Trinajstić information content (AvgIpc) is 2.73. The number of esters is 1. The molecule has 0 aliphatic carbocycles. The zero-order valence-corrected chi connectivity index (χ0v) is 16.0. The molecule has 1 aliphatic heterocycles. The maximum absolute atomic E-state index is 12.7. The van der Waals surface area contributed by atoms with Crippen molar-refractivity contribution in [2.75, 3.05) is 24.4 Å². The molecule has 9 nitrogen and oxygen atoms in total. The van der Waals surface area contributed by atoms with Gasteiger partial charge in [0.25, 0.3) is 0 Å². The summed E-state index contributed by atoms with van der Waals surface area (Å²) in [6.07, 6.45) is -0.859. The van der Waals surface area contributed by atoms with Gasteiger partial charge in [-0.05, 0) is 39.8 Å². The Morgan fingerprint density at radius 2 is 1.81 bits per heavy atom. The number of carbonyl (C=O) groups excluding carboxylic acids is 3. The molecule has 1 aromatic carbocycles. The third-order valence-corrected chi connectivity index (χ3v) is 4.23. The number of carboxylic acids is 1. The minimum absolute atomic E-state index is 0.0891. The molecule has 0 saturated heterocycles. The Labute approximate surface area is 156 Å². The monoisotopic (exact) mass is 378 g/mol. The van der Waals surface area contributed by atoms with Crippen molar-refractivity contribution in [1.82, 2.24) is 0 Å². The van der Waals surface area contributed by atoms with Crippen molar-refractivity contribution >= 4 is 35.3 Å². The molecule has 0 bridgehead atoms. The number of methoxy groups -OCH3 is 1. The summed E-state index contributed by atoms with van der Waals surface area (Å²) in [6.45, 7) is 6.38. The first-order valence-corrected chi connectivity index (χ1v) is 8.11. The fourth-order valence-corrected chi connectivity index (χ4v) is 2.92. The third kappa shape index (κ3) is 3.44. The smallest absolute Gasteiger partial charge is 0.412 e. The normalized spacial score (nSPS) is 18.7. The summed E-state index contributed by atoms with van der Waals surface area (Å²) in [5.41, 5.74) is -2.29. The van der Waals surface area contributed by atoms with E-state index in [9.17, 15) is 24.3 Å². The number of amides is 2. The summed E-state index contributed by atoms with van der Waals surface area (Å²) in [5, 5.41) is 11.9. The first-order valence-electron chi connectivity index (χ1n) is 8.11. The standard InChI is InChI=1S/C18H22N2O7/c1-17(2,3)27-16(25)19-11-8-10-12(7-9(11)13(21)22)20(5)14(23)18(10,4)15(24)26-6/h7-8H,1-6H3,(H,19,25)(H,21,22). The van der Waals surface area contributed by atoms with Crippen LogP contribution in [0, 0.1) is 0 Å². The van der Waals surface area contributed by atoms with Crippen molar-refractivity contribution in [2.45, 2.75) is 38.7 Å². The van der Waals surface area contributed by atoms with E-state index < -0.39 is 35.0 Å². The minimum Gasteiger partial charge on any atom is -0.478 e. The number of benzene rings is 1. The molecule has 1 atom stereocenters. The number of hydrogen-bond donors (Lipinski definition) is 2. The van der Waals surface area contributed by atoms with E-state index in [0.29, 0.717) is 0 Å². The number of nitrogens with zero attached hydrogens (tertiary/aromatic N) is 1. The summed E-state index contributed by atoms with van der Waals surface area (Å²) in [6, 6.07) is 2.53. The highest BCUT2D eigenvalue weighted by Crippen LogP contribution is 2.44. The highest BCUT2D eigenvalue weighted by atomic mass is 16.6. The summed E-state index contributed by atoms with van der Waals surface area (Å²) in [7, 11) is 2.59. The van der Waals surface area contributed by atoms with E-state index in [4.69, 9.17) is 9.47 Å². The Balaban J connectivity index is 2.61. The molecular weight excluding hydrogens is 356 g/mol. The van der Waals surface area contributed by atoms with Crippen LogP contribution in [0.3, 0.4) is 0 Å². The average molecular weight is 378 g/mol. The van der Waals surface area contributed by atoms with Crippen molar-refractivity contribution < 1.29 is 33.8 Å². The van der Waals surface area contributed by atoms with Gasteiger partial charge in [-0.2, -0.15) is 0 Å². The van der Waals surface area contributed by atoms with Crippen LogP contribution in [0.1, 0.15) is 43.6 Å². The van der Waals surface area contributed by atoms with Crippen LogP contribution in [0.2, 0.25) is 0 Å². The zero-order valence-electron chi connectivity index (χ0n) is 16.0. The first-order chi connectivity index (χ1) is 12.3. The fraction of sp³-hybridized carbons (Fsp3) is 0.444. The van der Waals surface area contributed by atoms with E-state index in [-0.39, 0.29) is 22.5 Å². The number of ether oxygens (including phenoxy) is 2. The van der Waals surface area contributed by atoms with Gasteiger partial charge in [0.15, 0.2) is 5.41 Å². The second-order valence-corrected chi connectivity index (χ2v) is 7.33. The van der Waals surface area contributed by atoms with E-state index in [1.807, 2.05) is 0 Å². The molecule has 1 aromatic rings. The largest absolute Gasteiger partial charge is 0.478 e. The van der Waals surface area contributed by atoms with Crippen LogP contribution >= 0.6 is 0 Å². The number of aromatic carboxylic acids is 1. The number of fused-ring (bicyclic) bond motifs is 1. The van der Waals surface area contributed by atoms with Crippen LogP contribution in [0.15, 0.2) is 12.1 Å². The molecule has 1 heterocycles. The molecule has 146 valence electrons. The van der Waals surface area contributed by atoms with Crippen LogP contribution in [-0.2, 0) is 24.5 Å². The molecule has 0 fully saturated rings. The Hall–Kier alpha value is -3.10. The lowest BCUT2D eigenvalue weighted by Gasteiger charge is -2.22. The molecule has 0 saturated carbocycles. The van der Waals surface area contributed by atoms with Gasteiger partial charge in [-0.1, -0.05) is 0 Å². The van der Waals surface area contributed by atoms with Gasteiger partial charge < -0.3 is 19.5 Å². The Morgan fingerprint density at radius 1 is 1.22 bits per heavy atom. The van der Waals surface area contributed by atoms with Crippen molar-refractivity contribution in [2.24, 2.45) is 0 Å². The summed E-state index contributed by atoms with van der Waals surface area (Å²) < 4.78 is 9.91. The van der Waals surface area contributed by atoms with Crippen molar-refractivity contribution in [3.05, 3.63) is 23.3 Å². The van der Waals surface area contributed by atoms with Gasteiger partial charge in [-0.3, -0.25) is 14.9 Å². The van der Waals surface area contributed by atoms with E-state index in [1.54, 1.807) is 20.8 Å². The molecule has 2 rings (SSSR count). The van der Waals surface area contributed by atoms with Gasteiger partial charge in [0.2, 0.25) is 5.91 Å². The molecule has 0 radical (unpaired) electrons. The molecule has 1 unspecified atom stereocenters. The zero-order chi connectivity index (χ0) is 20.7. The number of anilines is 2. The van der Waals surface area contributed by atoms with Gasteiger partial charge in [0.05, 0.1) is 18.4 Å². The molecular formula is C18H22N2O7. The number of likely N-dealkylation sites (N-methyl/N-ethyl adjacent to an activating group) is 1. The topological polar surface area (TPSA) is 122 Å². The number of carbonyl (C=O) groups is 4. The van der Waals surface area contributed by atoms with Gasteiger partial charge in [-0.15, -0.1) is 0 Å². The second-order valence-electron chi connectivity index (χ2n) is 7.33. The van der Waals surface area contributed by atoms with Gasteiger partial charge in [0.1, 0.15) is 5.60 Å². The summed E-state index contributed by atoms with van der Waals surface area (Å²) in [5.74, 6) is -2.66. The second kappa shape index (κ2) is 6.57. The highest BCUT2D eigenvalue weighted by Gasteiger charge is 2.53. The van der Waals surface area contributed by atoms with E-state index in [1.165, 1.54) is 31.0 Å². The fourth-order valence-electron chi connectivity index (χ4n) is 2.92. The number of hydrogen-bond acceptors (Lipinski definition) is 6. The Morgan fingerprint density at radius 3 is 2.30 bits per heavy atom. The maximum Gasteiger partial charge on any atom is 0.412 e. The van der Waals surface area contributed by atoms with Crippen LogP contribution in [-0.4, -0.2) is 48.8 Å². The summed E-state index contributed by atoms with van der Waals surface area (Å²) >= 11 is 0. The molecule has 9 heteroatoms. The SMILES string of the molecule is COC(=O)C1(C)C(=O)N(C)c2cc(C(=O)O)c(NC(=O)OC(C)(C)C)cc21. The lowest BCUT2D eigenvalue weighted by atomic mass is 9.83. The van der Waals surface area contributed by atoms with E-state index in [0.717, 1.165) is 7.11 Å². The lowest BCUT2D eigenvalue weighted by Crippen LogP contribution is -2.43. The van der Waals surface area contributed by atoms with Gasteiger partial charge in [-0.25, -0.2) is 9.59 Å². The quantitative estimate of drug-likeness (QED) is 0.610. The molecule has 2 N–H and O–H groups in total. The molecule has 27 heavy (non-hydrogen) atoms. The Bertz CT molecular complexity index is 841. The lowest BCUT2D eigenvalue weighted by molar-refractivity contribution is -0.150. The molecule has 0 spiro atoms. The number of nitrogens with one attached hydrogen (secondary N) is 1. The van der Waals surface area contributed by atoms with Crippen LogP contribution in [0.4, 0.5) is 16.2 Å². The molecule has 2 amide bonds. The maximum atomic E-state index is 12.7. The summed E-state index contributed by atoms with van der Waals surface area (Å²) in [4.78, 5) is 49.9. The van der Waals surface area contributed by atoms with Gasteiger partial charge >= 0.3 is 18.0 Å². The van der Waals surface area contributed by atoms with Crippen LogP contribution in [0.5, 0.6) is 0 Å². The minimum atomic E-state index is -1.65. The number of rotatable bonds is 3. The van der Waals surface area contributed by atoms with E-state index >= 15 is 0 Å². The highest BCUT2D eigenvalue weighted by molar-refractivity contribution is 6.21.